The first-order chi connectivity index (χ1) is 8.30. The molecule has 0 spiro atoms. The van der Waals surface area contributed by atoms with Crippen LogP contribution in [0.4, 0.5) is 5.69 Å². The number of nitro benzene ring substituents is 1. The van der Waals surface area contributed by atoms with Crippen LogP contribution >= 0.6 is 0 Å². The molecule has 1 aromatic rings. The van der Waals surface area contributed by atoms with Crippen molar-refractivity contribution in [1.82, 2.24) is 4.31 Å². The summed E-state index contributed by atoms with van der Waals surface area (Å²) in [7, 11) is -2.50. The molecule has 0 saturated carbocycles. The van der Waals surface area contributed by atoms with Gasteiger partial charge in [0.2, 0.25) is 10.0 Å². The van der Waals surface area contributed by atoms with Crippen LogP contribution in [0.5, 0.6) is 0 Å². The maximum absolute atomic E-state index is 12.0. The van der Waals surface area contributed by atoms with Crippen LogP contribution in [-0.4, -0.2) is 43.0 Å². The van der Waals surface area contributed by atoms with Gasteiger partial charge < -0.3 is 5.11 Å². The van der Waals surface area contributed by atoms with Gasteiger partial charge in [0.25, 0.3) is 5.69 Å². The highest BCUT2D eigenvalue weighted by molar-refractivity contribution is 7.89. The summed E-state index contributed by atoms with van der Waals surface area (Å²) in [5.41, 5.74) is 0.150. The summed E-state index contributed by atoms with van der Waals surface area (Å²) in [5.74, 6) is 0. The Bertz CT molecular complexity index is 555. The van der Waals surface area contributed by atoms with Gasteiger partial charge in [0.15, 0.2) is 0 Å². The molecule has 18 heavy (non-hydrogen) atoms. The Hall–Kier alpha value is -1.51. The highest BCUT2D eigenvalue weighted by atomic mass is 32.2. The Kier molecular flexibility index (Phi) is 4.38. The summed E-state index contributed by atoms with van der Waals surface area (Å²) in [6.45, 7) is 1.15. The normalized spacial score (nSPS) is 11.8. The lowest BCUT2D eigenvalue weighted by molar-refractivity contribution is -0.385. The minimum absolute atomic E-state index is 0.0655. The summed E-state index contributed by atoms with van der Waals surface area (Å²) in [5, 5.41) is 19.5. The fourth-order valence-corrected chi connectivity index (χ4v) is 2.57. The molecule has 1 N–H and O–H groups in total. The number of nitro groups is 1. The molecule has 7 nitrogen and oxygen atoms in total. The monoisotopic (exact) mass is 274 g/mol. The van der Waals surface area contributed by atoms with Crippen LogP contribution in [0.3, 0.4) is 0 Å². The van der Waals surface area contributed by atoms with Gasteiger partial charge in [0.05, 0.1) is 16.4 Å². The number of benzene rings is 1. The Morgan fingerprint density at radius 1 is 1.44 bits per heavy atom. The Labute approximate surface area is 105 Å². The van der Waals surface area contributed by atoms with Gasteiger partial charge >= 0.3 is 0 Å². The average molecular weight is 274 g/mol. The van der Waals surface area contributed by atoms with E-state index in [0.717, 1.165) is 10.4 Å². The summed E-state index contributed by atoms with van der Waals surface area (Å²) < 4.78 is 24.9. The minimum atomic E-state index is -3.81. The van der Waals surface area contributed by atoms with E-state index in [9.17, 15) is 18.5 Å². The smallest absolute Gasteiger partial charge is 0.273 e. The molecule has 0 unspecified atom stereocenters. The van der Waals surface area contributed by atoms with Crippen molar-refractivity contribution >= 4 is 15.7 Å². The van der Waals surface area contributed by atoms with Gasteiger partial charge in [-0.05, 0) is 13.0 Å². The third kappa shape index (κ3) is 2.84. The van der Waals surface area contributed by atoms with Gasteiger partial charge in [0, 0.05) is 25.2 Å². The van der Waals surface area contributed by atoms with E-state index in [4.69, 9.17) is 5.11 Å². The number of likely N-dealkylation sites (N-methyl/N-ethyl adjacent to an activating group) is 1. The number of aliphatic hydroxyl groups is 1. The van der Waals surface area contributed by atoms with E-state index in [-0.39, 0.29) is 23.7 Å². The van der Waals surface area contributed by atoms with Crippen LogP contribution < -0.4 is 0 Å². The zero-order valence-corrected chi connectivity index (χ0v) is 10.8. The van der Waals surface area contributed by atoms with E-state index in [1.807, 2.05) is 0 Å². The molecule has 0 fully saturated rings. The molecular weight excluding hydrogens is 260 g/mol. The van der Waals surface area contributed by atoms with Crippen LogP contribution in [0.1, 0.15) is 5.56 Å². The van der Waals surface area contributed by atoms with Crippen molar-refractivity contribution in [3.05, 3.63) is 33.9 Å². The molecule has 0 saturated heterocycles. The van der Waals surface area contributed by atoms with Crippen molar-refractivity contribution in [1.29, 1.82) is 0 Å². The van der Waals surface area contributed by atoms with Crippen molar-refractivity contribution in [2.24, 2.45) is 0 Å². The maximum Gasteiger partial charge on any atom is 0.273 e. The molecule has 0 aliphatic carbocycles. The summed E-state index contributed by atoms with van der Waals surface area (Å²) in [6.07, 6.45) is 0. The highest BCUT2D eigenvalue weighted by Crippen LogP contribution is 2.23. The predicted molar refractivity (Wildman–Crippen MR) is 64.7 cm³/mol. The van der Waals surface area contributed by atoms with Gasteiger partial charge in [0.1, 0.15) is 0 Å². The van der Waals surface area contributed by atoms with Crippen LogP contribution in [0.2, 0.25) is 0 Å². The highest BCUT2D eigenvalue weighted by Gasteiger charge is 2.23. The Morgan fingerprint density at radius 2 is 2.06 bits per heavy atom. The largest absolute Gasteiger partial charge is 0.395 e. The number of hydrogen-bond donors (Lipinski definition) is 1. The third-order valence-electron chi connectivity index (χ3n) is 2.50. The molecule has 8 heteroatoms. The quantitative estimate of drug-likeness (QED) is 0.623. The fourth-order valence-electron chi connectivity index (χ4n) is 1.39. The number of aliphatic hydroxyl groups excluding tert-OH is 1. The second-order valence-corrected chi connectivity index (χ2v) is 5.80. The lowest BCUT2D eigenvalue weighted by atomic mass is 10.2. The van der Waals surface area contributed by atoms with Gasteiger partial charge in [-0.1, -0.05) is 6.07 Å². The van der Waals surface area contributed by atoms with Crippen molar-refractivity contribution in [2.75, 3.05) is 20.2 Å². The minimum Gasteiger partial charge on any atom is -0.395 e. The lowest BCUT2D eigenvalue weighted by Crippen LogP contribution is -2.29. The lowest BCUT2D eigenvalue weighted by Gasteiger charge is -2.15. The number of rotatable bonds is 5. The topological polar surface area (TPSA) is 101 Å². The summed E-state index contributed by atoms with van der Waals surface area (Å²) in [6, 6.07) is 3.72. The zero-order chi connectivity index (χ0) is 13.9. The molecule has 0 heterocycles. The molecule has 0 bridgehead atoms. The first-order valence-corrected chi connectivity index (χ1v) is 6.57. The van der Waals surface area contributed by atoms with Crippen LogP contribution in [0.15, 0.2) is 23.1 Å². The van der Waals surface area contributed by atoms with E-state index < -0.39 is 14.9 Å². The van der Waals surface area contributed by atoms with E-state index >= 15 is 0 Å². The SMILES string of the molecule is Cc1ccc(S(=O)(=O)N(C)CCO)cc1[N+](=O)[O-]. The molecule has 0 radical (unpaired) electrons. The fraction of sp³-hybridized carbons (Fsp3) is 0.400. The molecule has 100 valence electrons. The van der Waals surface area contributed by atoms with Crippen LogP contribution in [0, 0.1) is 17.0 Å². The van der Waals surface area contributed by atoms with E-state index in [1.54, 1.807) is 0 Å². The maximum atomic E-state index is 12.0. The van der Waals surface area contributed by atoms with E-state index in [0.29, 0.717) is 5.56 Å². The third-order valence-corrected chi connectivity index (χ3v) is 4.35. The van der Waals surface area contributed by atoms with Crippen LogP contribution in [-0.2, 0) is 10.0 Å². The van der Waals surface area contributed by atoms with Crippen LogP contribution in [0.25, 0.3) is 0 Å². The second kappa shape index (κ2) is 5.42. The molecule has 0 aliphatic heterocycles. The zero-order valence-electron chi connectivity index (χ0n) is 10.0. The van der Waals surface area contributed by atoms with Gasteiger partial charge in [-0.2, -0.15) is 4.31 Å². The Morgan fingerprint density at radius 3 is 2.56 bits per heavy atom. The molecule has 0 atom stereocenters. The first-order valence-electron chi connectivity index (χ1n) is 5.13. The molecular formula is C10H14N2O5S. The number of sulfonamides is 1. The van der Waals surface area contributed by atoms with Crippen molar-refractivity contribution < 1.29 is 18.4 Å². The van der Waals surface area contributed by atoms with E-state index in [1.165, 1.54) is 26.1 Å². The second-order valence-electron chi connectivity index (χ2n) is 3.76. The molecule has 1 rings (SSSR count). The predicted octanol–water partition coefficient (Wildman–Crippen LogP) is 0.516. The van der Waals surface area contributed by atoms with Crippen molar-refractivity contribution in [2.45, 2.75) is 11.8 Å². The van der Waals surface area contributed by atoms with Crippen molar-refractivity contribution in [3.63, 3.8) is 0 Å². The van der Waals surface area contributed by atoms with E-state index in [2.05, 4.69) is 0 Å². The van der Waals surface area contributed by atoms with Crippen molar-refractivity contribution in [3.8, 4) is 0 Å². The van der Waals surface area contributed by atoms with Gasteiger partial charge in [-0.25, -0.2) is 8.42 Å². The molecule has 0 aromatic heterocycles. The molecule has 0 aliphatic rings. The Balaban J connectivity index is 3.26. The number of hydrogen-bond acceptors (Lipinski definition) is 5. The number of aryl methyl sites for hydroxylation is 1. The van der Waals surface area contributed by atoms with Gasteiger partial charge in [-0.15, -0.1) is 0 Å². The standard InChI is InChI=1S/C10H14N2O5S/c1-8-3-4-9(7-10(8)12(14)15)18(16,17)11(2)5-6-13/h3-4,7,13H,5-6H2,1-2H3. The summed E-state index contributed by atoms with van der Waals surface area (Å²) >= 11 is 0. The first kappa shape index (κ1) is 14.6. The molecule has 1 aromatic carbocycles. The molecule has 0 amide bonds. The summed E-state index contributed by atoms with van der Waals surface area (Å²) in [4.78, 5) is 9.97. The van der Waals surface area contributed by atoms with Gasteiger partial charge in [-0.3, -0.25) is 10.1 Å². The average Bonchev–Trinajstić information content (AvgIpc) is 2.29. The number of nitrogens with zero attached hydrogens (tertiary/aromatic N) is 2.